The molecule has 4 heteroatoms. The Morgan fingerprint density at radius 3 is 2.60 bits per heavy atom. The molecule has 1 aliphatic rings. The first-order chi connectivity index (χ1) is 9.64. The lowest BCUT2D eigenvalue weighted by atomic mass is 9.91. The molecule has 4 nitrogen and oxygen atoms in total. The maximum absolute atomic E-state index is 12.4. The molecule has 1 amide bonds. The number of hydrogen-bond donors (Lipinski definition) is 3. The van der Waals surface area contributed by atoms with Crippen LogP contribution in [0.15, 0.2) is 24.3 Å². The van der Waals surface area contributed by atoms with Gasteiger partial charge in [0.2, 0.25) is 5.91 Å². The molecule has 0 spiro atoms. The Balaban J connectivity index is 2.05. The van der Waals surface area contributed by atoms with Gasteiger partial charge in [-0.25, -0.2) is 0 Å². The highest BCUT2D eigenvalue weighted by Gasteiger charge is 2.31. The van der Waals surface area contributed by atoms with Gasteiger partial charge in [0.25, 0.3) is 0 Å². The largest absolute Gasteiger partial charge is 0.394 e. The third-order valence-electron chi connectivity index (χ3n) is 4.44. The molecule has 0 saturated carbocycles. The number of benzene rings is 1. The summed E-state index contributed by atoms with van der Waals surface area (Å²) in [7, 11) is 0. The van der Waals surface area contributed by atoms with Gasteiger partial charge in [0, 0.05) is 6.54 Å². The standard InChI is InChI=1S/C16H24N2O2/c1-3-16(4-2,11-19)18-15(20)14-9-12-7-5-6-8-13(12)10-17-14/h5-8,14,17,19H,3-4,9-11H2,1-2H3,(H,18,20). The number of aliphatic hydroxyl groups excluding tert-OH is 1. The lowest BCUT2D eigenvalue weighted by Gasteiger charge is -2.34. The van der Waals surface area contributed by atoms with E-state index in [1.165, 1.54) is 11.1 Å². The highest BCUT2D eigenvalue weighted by atomic mass is 16.3. The number of nitrogens with one attached hydrogen (secondary N) is 2. The Hall–Kier alpha value is -1.39. The Morgan fingerprint density at radius 1 is 1.35 bits per heavy atom. The molecule has 20 heavy (non-hydrogen) atoms. The van der Waals surface area contributed by atoms with Crippen LogP contribution < -0.4 is 10.6 Å². The van der Waals surface area contributed by atoms with Crippen LogP contribution in [-0.2, 0) is 17.8 Å². The second kappa shape index (κ2) is 6.37. The summed E-state index contributed by atoms with van der Waals surface area (Å²) in [6.45, 7) is 4.68. The number of rotatable bonds is 5. The van der Waals surface area contributed by atoms with E-state index >= 15 is 0 Å². The maximum atomic E-state index is 12.4. The van der Waals surface area contributed by atoms with Crippen molar-refractivity contribution in [2.45, 2.75) is 51.2 Å². The molecule has 0 saturated heterocycles. The van der Waals surface area contributed by atoms with E-state index < -0.39 is 5.54 Å². The van der Waals surface area contributed by atoms with Crippen LogP contribution in [0.1, 0.15) is 37.8 Å². The van der Waals surface area contributed by atoms with E-state index in [1.807, 2.05) is 26.0 Å². The van der Waals surface area contributed by atoms with Crippen molar-refractivity contribution in [2.24, 2.45) is 0 Å². The zero-order valence-electron chi connectivity index (χ0n) is 12.3. The summed E-state index contributed by atoms with van der Waals surface area (Å²) in [5, 5.41) is 15.9. The Kier molecular flexibility index (Phi) is 4.78. The van der Waals surface area contributed by atoms with Gasteiger partial charge in [-0.3, -0.25) is 4.79 Å². The van der Waals surface area contributed by atoms with E-state index in [0.29, 0.717) is 6.42 Å². The van der Waals surface area contributed by atoms with Gasteiger partial charge in [0.05, 0.1) is 18.2 Å². The van der Waals surface area contributed by atoms with Gasteiger partial charge < -0.3 is 15.7 Å². The first-order valence-electron chi connectivity index (χ1n) is 7.37. The fourth-order valence-corrected chi connectivity index (χ4v) is 2.68. The van der Waals surface area contributed by atoms with E-state index in [1.54, 1.807) is 0 Å². The maximum Gasteiger partial charge on any atom is 0.237 e. The molecule has 3 N–H and O–H groups in total. The van der Waals surface area contributed by atoms with Crippen LogP contribution in [0.2, 0.25) is 0 Å². The molecule has 1 aromatic carbocycles. The van der Waals surface area contributed by atoms with Gasteiger partial charge in [-0.15, -0.1) is 0 Å². The summed E-state index contributed by atoms with van der Waals surface area (Å²) in [5.41, 5.74) is 2.00. The molecule has 1 aromatic rings. The Morgan fingerprint density at radius 2 is 2.00 bits per heavy atom. The zero-order chi connectivity index (χ0) is 14.6. The van der Waals surface area contributed by atoms with Gasteiger partial charge in [-0.05, 0) is 30.4 Å². The van der Waals surface area contributed by atoms with Crippen molar-refractivity contribution in [2.75, 3.05) is 6.61 Å². The number of aliphatic hydroxyl groups is 1. The molecule has 1 atom stereocenters. The lowest BCUT2D eigenvalue weighted by molar-refractivity contribution is -0.126. The molecule has 0 aliphatic carbocycles. The van der Waals surface area contributed by atoms with Crippen LogP contribution in [0.4, 0.5) is 0 Å². The molecule has 0 fully saturated rings. The quantitative estimate of drug-likeness (QED) is 0.761. The summed E-state index contributed by atoms with van der Waals surface area (Å²) in [5.74, 6) is -0.0164. The average Bonchev–Trinajstić information content (AvgIpc) is 2.52. The number of carbonyl (C=O) groups excluding carboxylic acids is 1. The summed E-state index contributed by atoms with van der Waals surface area (Å²) in [6, 6.07) is 7.98. The van der Waals surface area contributed by atoms with E-state index in [-0.39, 0.29) is 18.6 Å². The highest BCUT2D eigenvalue weighted by molar-refractivity contribution is 5.83. The van der Waals surface area contributed by atoms with Crippen molar-refractivity contribution in [1.29, 1.82) is 0 Å². The molecule has 1 unspecified atom stereocenters. The fourth-order valence-electron chi connectivity index (χ4n) is 2.68. The predicted molar refractivity (Wildman–Crippen MR) is 79.3 cm³/mol. The van der Waals surface area contributed by atoms with Crippen LogP contribution in [-0.4, -0.2) is 29.2 Å². The van der Waals surface area contributed by atoms with Crippen molar-refractivity contribution in [3.05, 3.63) is 35.4 Å². The first-order valence-corrected chi connectivity index (χ1v) is 7.37. The van der Waals surface area contributed by atoms with Gasteiger partial charge in [0.15, 0.2) is 0 Å². The fraction of sp³-hybridized carbons (Fsp3) is 0.562. The van der Waals surface area contributed by atoms with E-state index in [9.17, 15) is 9.90 Å². The van der Waals surface area contributed by atoms with Crippen molar-refractivity contribution in [3.63, 3.8) is 0 Å². The van der Waals surface area contributed by atoms with Crippen LogP contribution in [0.5, 0.6) is 0 Å². The normalized spacial score (nSPS) is 18.4. The number of hydrogen-bond acceptors (Lipinski definition) is 3. The smallest absolute Gasteiger partial charge is 0.237 e. The lowest BCUT2D eigenvalue weighted by Crippen LogP contribution is -2.57. The van der Waals surface area contributed by atoms with E-state index in [0.717, 1.165) is 19.4 Å². The van der Waals surface area contributed by atoms with Crippen LogP contribution in [0.25, 0.3) is 0 Å². The highest BCUT2D eigenvalue weighted by Crippen LogP contribution is 2.18. The molecule has 0 bridgehead atoms. The number of fused-ring (bicyclic) bond motifs is 1. The van der Waals surface area contributed by atoms with Crippen molar-refractivity contribution in [1.82, 2.24) is 10.6 Å². The third-order valence-corrected chi connectivity index (χ3v) is 4.44. The second-order valence-corrected chi connectivity index (χ2v) is 5.54. The monoisotopic (exact) mass is 276 g/mol. The average molecular weight is 276 g/mol. The number of carbonyl (C=O) groups is 1. The minimum atomic E-state index is -0.490. The summed E-state index contributed by atoms with van der Waals surface area (Å²) in [4.78, 5) is 12.4. The minimum absolute atomic E-state index is 0.0164. The Labute approximate surface area is 120 Å². The molecule has 0 radical (unpaired) electrons. The van der Waals surface area contributed by atoms with Crippen LogP contribution in [0, 0.1) is 0 Å². The van der Waals surface area contributed by atoms with Gasteiger partial charge in [-0.1, -0.05) is 38.1 Å². The summed E-state index contributed by atoms with van der Waals surface area (Å²) in [6.07, 6.45) is 2.17. The van der Waals surface area contributed by atoms with Gasteiger partial charge in [0.1, 0.15) is 0 Å². The molecular formula is C16H24N2O2. The van der Waals surface area contributed by atoms with E-state index in [4.69, 9.17) is 0 Å². The van der Waals surface area contributed by atoms with Crippen molar-refractivity contribution >= 4 is 5.91 Å². The van der Waals surface area contributed by atoms with Crippen LogP contribution in [0.3, 0.4) is 0 Å². The Bertz CT molecular complexity index is 461. The second-order valence-electron chi connectivity index (χ2n) is 5.54. The van der Waals surface area contributed by atoms with Crippen molar-refractivity contribution in [3.8, 4) is 0 Å². The summed E-state index contributed by atoms with van der Waals surface area (Å²) >= 11 is 0. The summed E-state index contributed by atoms with van der Waals surface area (Å²) < 4.78 is 0. The van der Waals surface area contributed by atoms with E-state index in [2.05, 4.69) is 22.8 Å². The SMILES string of the molecule is CCC(CC)(CO)NC(=O)C1Cc2ccccc2CN1. The molecule has 2 rings (SSSR count). The van der Waals surface area contributed by atoms with Crippen LogP contribution >= 0.6 is 0 Å². The van der Waals surface area contributed by atoms with Gasteiger partial charge in [-0.2, -0.15) is 0 Å². The van der Waals surface area contributed by atoms with Crippen molar-refractivity contribution < 1.29 is 9.90 Å². The molecule has 1 aliphatic heterocycles. The number of amides is 1. The van der Waals surface area contributed by atoms with Gasteiger partial charge >= 0.3 is 0 Å². The molecule has 0 aromatic heterocycles. The predicted octanol–water partition coefficient (Wildman–Crippen LogP) is 1.37. The minimum Gasteiger partial charge on any atom is -0.394 e. The third kappa shape index (κ3) is 3.02. The molecule has 1 heterocycles. The molecular weight excluding hydrogens is 252 g/mol. The topological polar surface area (TPSA) is 61.4 Å². The zero-order valence-corrected chi connectivity index (χ0v) is 12.3. The first kappa shape index (κ1) is 15.0. The molecule has 110 valence electrons.